The molecule has 0 saturated carbocycles. The quantitative estimate of drug-likeness (QED) is 0.345. The van der Waals surface area contributed by atoms with Crippen LogP contribution in [0.2, 0.25) is 0 Å². The Hall–Kier alpha value is -2.16. The smallest absolute Gasteiger partial charge is 0.137 e. The Bertz CT molecular complexity index is 796. The molecule has 0 unspecified atom stereocenters. The summed E-state index contributed by atoms with van der Waals surface area (Å²) in [5.74, 6) is 0.695. The summed E-state index contributed by atoms with van der Waals surface area (Å²) in [5, 5.41) is 0.719. The van der Waals surface area contributed by atoms with Crippen LogP contribution in [0.1, 0.15) is 16.7 Å². The van der Waals surface area contributed by atoms with Gasteiger partial charge in [-0.1, -0.05) is 84.4 Å². The SMILES string of the molecule is SOc1ccc(/C(=C(/Cl)c2ccccc2)c2ccccc2)cc1. The molecular weight excluding hydrogens is 324 g/mol. The fourth-order valence-corrected chi connectivity index (χ4v) is 2.90. The van der Waals surface area contributed by atoms with E-state index in [2.05, 4.69) is 25.0 Å². The molecule has 0 aromatic heterocycles. The molecule has 0 aliphatic heterocycles. The van der Waals surface area contributed by atoms with Gasteiger partial charge in [-0.3, -0.25) is 0 Å². The van der Waals surface area contributed by atoms with Crippen molar-refractivity contribution < 1.29 is 4.18 Å². The molecule has 3 rings (SSSR count). The molecule has 0 bridgehead atoms. The highest BCUT2D eigenvalue weighted by atomic mass is 35.5. The summed E-state index contributed by atoms with van der Waals surface area (Å²) in [7, 11) is 0. The van der Waals surface area contributed by atoms with Gasteiger partial charge in [0.05, 0.1) is 5.03 Å². The van der Waals surface area contributed by atoms with Crippen LogP contribution < -0.4 is 4.18 Å². The van der Waals surface area contributed by atoms with Crippen LogP contribution in [0.15, 0.2) is 84.9 Å². The minimum absolute atomic E-state index is 0.695. The Morgan fingerprint density at radius 3 is 1.65 bits per heavy atom. The van der Waals surface area contributed by atoms with Crippen molar-refractivity contribution in [3.05, 3.63) is 102 Å². The van der Waals surface area contributed by atoms with Crippen molar-refractivity contribution in [2.75, 3.05) is 0 Å². The third-order valence-electron chi connectivity index (χ3n) is 3.56. The largest absolute Gasteiger partial charge is 0.429 e. The van der Waals surface area contributed by atoms with Crippen LogP contribution in [0, 0.1) is 0 Å². The van der Waals surface area contributed by atoms with Gasteiger partial charge in [-0.2, -0.15) is 0 Å². The number of hydrogen-bond acceptors (Lipinski definition) is 2. The first-order valence-corrected chi connectivity index (χ1v) is 7.96. The van der Waals surface area contributed by atoms with Gasteiger partial charge < -0.3 is 4.18 Å². The van der Waals surface area contributed by atoms with E-state index < -0.39 is 0 Å². The molecule has 0 atom stereocenters. The maximum atomic E-state index is 6.75. The van der Waals surface area contributed by atoms with Crippen LogP contribution in [0.4, 0.5) is 0 Å². The summed E-state index contributed by atoms with van der Waals surface area (Å²) in [5.41, 5.74) is 4.08. The van der Waals surface area contributed by atoms with Gasteiger partial charge in [-0.05, 0) is 28.8 Å². The fraction of sp³-hybridized carbons (Fsp3) is 0. The highest BCUT2D eigenvalue weighted by Gasteiger charge is 2.12. The molecule has 114 valence electrons. The van der Waals surface area contributed by atoms with Gasteiger partial charge in [0, 0.05) is 18.5 Å². The second-order valence-corrected chi connectivity index (χ2v) is 5.60. The van der Waals surface area contributed by atoms with Crippen LogP contribution in [0.3, 0.4) is 0 Å². The fourth-order valence-electron chi connectivity index (χ4n) is 2.44. The summed E-state index contributed by atoms with van der Waals surface area (Å²) in [6.07, 6.45) is 0. The maximum absolute atomic E-state index is 6.75. The lowest BCUT2D eigenvalue weighted by atomic mass is 9.95. The number of thiol groups is 1. The van der Waals surface area contributed by atoms with Crippen LogP contribution in [0.25, 0.3) is 10.6 Å². The molecule has 1 nitrogen and oxygen atoms in total. The molecule has 0 fully saturated rings. The predicted molar refractivity (Wildman–Crippen MR) is 101 cm³/mol. The Morgan fingerprint density at radius 2 is 1.13 bits per heavy atom. The van der Waals surface area contributed by atoms with Crippen molar-refractivity contribution in [2.24, 2.45) is 0 Å². The van der Waals surface area contributed by atoms with Gasteiger partial charge in [0.1, 0.15) is 5.75 Å². The van der Waals surface area contributed by atoms with E-state index >= 15 is 0 Å². The first-order valence-electron chi connectivity index (χ1n) is 7.22. The van der Waals surface area contributed by atoms with Crippen LogP contribution in [0.5, 0.6) is 5.75 Å². The summed E-state index contributed by atoms with van der Waals surface area (Å²) >= 11 is 10.6. The van der Waals surface area contributed by atoms with Crippen LogP contribution in [-0.2, 0) is 0 Å². The van der Waals surface area contributed by atoms with Crippen LogP contribution >= 0.6 is 24.5 Å². The first kappa shape index (κ1) is 15.7. The standard InChI is InChI=1S/C20H15ClOS/c21-20(17-9-5-2-6-10-17)19(15-7-3-1-4-8-15)16-11-13-18(22-23)14-12-16/h1-14,23H/b20-19+. The van der Waals surface area contributed by atoms with Gasteiger partial charge in [-0.25, -0.2) is 0 Å². The minimum Gasteiger partial charge on any atom is -0.429 e. The topological polar surface area (TPSA) is 9.23 Å². The van der Waals surface area contributed by atoms with Crippen molar-refractivity contribution in [1.29, 1.82) is 0 Å². The van der Waals surface area contributed by atoms with E-state index in [1.165, 1.54) is 0 Å². The minimum atomic E-state index is 0.695. The van der Waals surface area contributed by atoms with E-state index in [9.17, 15) is 0 Å². The Kier molecular flexibility index (Phi) is 5.06. The van der Waals surface area contributed by atoms with Crippen molar-refractivity contribution >= 4 is 35.1 Å². The molecule has 23 heavy (non-hydrogen) atoms. The van der Waals surface area contributed by atoms with E-state index in [1.54, 1.807) is 0 Å². The number of halogens is 1. The molecule has 0 saturated heterocycles. The van der Waals surface area contributed by atoms with E-state index in [0.717, 1.165) is 27.3 Å². The van der Waals surface area contributed by atoms with Gasteiger partial charge in [0.25, 0.3) is 0 Å². The van der Waals surface area contributed by atoms with Gasteiger partial charge in [0.15, 0.2) is 0 Å². The molecular formula is C20H15ClOS. The van der Waals surface area contributed by atoms with Gasteiger partial charge >= 0.3 is 0 Å². The average molecular weight is 339 g/mol. The molecule has 0 aliphatic carbocycles. The van der Waals surface area contributed by atoms with E-state index in [1.807, 2.05) is 72.8 Å². The lowest BCUT2D eigenvalue weighted by Crippen LogP contribution is -1.91. The van der Waals surface area contributed by atoms with Gasteiger partial charge in [-0.15, -0.1) is 0 Å². The Labute approximate surface area is 146 Å². The molecule has 0 amide bonds. The summed E-state index contributed by atoms with van der Waals surface area (Å²) in [6.45, 7) is 0. The third-order valence-corrected chi connectivity index (χ3v) is 4.18. The molecule has 0 spiro atoms. The van der Waals surface area contributed by atoms with Crippen molar-refractivity contribution in [1.82, 2.24) is 0 Å². The molecule has 0 radical (unpaired) electrons. The van der Waals surface area contributed by atoms with E-state index in [4.69, 9.17) is 15.8 Å². The lowest BCUT2D eigenvalue weighted by molar-refractivity contribution is 0.659. The maximum Gasteiger partial charge on any atom is 0.137 e. The van der Waals surface area contributed by atoms with E-state index in [-0.39, 0.29) is 0 Å². The van der Waals surface area contributed by atoms with Gasteiger partial charge in [0.2, 0.25) is 0 Å². The highest BCUT2D eigenvalue weighted by Crippen LogP contribution is 2.35. The normalized spacial score (nSPS) is 11.7. The molecule has 0 heterocycles. The zero-order valence-electron chi connectivity index (χ0n) is 12.3. The lowest BCUT2D eigenvalue weighted by Gasteiger charge is -2.13. The monoisotopic (exact) mass is 338 g/mol. The Balaban J connectivity index is 2.18. The average Bonchev–Trinajstić information content (AvgIpc) is 2.64. The predicted octanol–water partition coefficient (Wildman–Crippen LogP) is 6.07. The summed E-state index contributed by atoms with van der Waals surface area (Å²) in [4.78, 5) is 0. The zero-order chi connectivity index (χ0) is 16.1. The van der Waals surface area contributed by atoms with Crippen molar-refractivity contribution in [2.45, 2.75) is 0 Å². The molecule has 3 heteroatoms. The molecule has 0 N–H and O–H groups in total. The zero-order valence-corrected chi connectivity index (χ0v) is 14.0. The third kappa shape index (κ3) is 3.61. The number of hydrogen-bond donors (Lipinski definition) is 1. The second-order valence-electron chi connectivity index (χ2n) is 5.04. The van der Waals surface area contributed by atoms with E-state index in [0.29, 0.717) is 5.75 Å². The van der Waals surface area contributed by atoms with Crippen molar-refractivity contribution in [3.8, 4) is 5.75 Å². The van der Waals surface area contributed by atoms with Crippen molar-refractivity contribution in [3.63, 3.8) is 0 Å². The summed E-state index contributed by atoms with van der Waals surface area (Å²) < 4.78 is 4.95. The first-order chi connectivity index (χ1) is 11.3. The summed E-state index contributed by atoms with van der Waals surface area (Å²) in [6, 6.07) is 27.8. The van der Waals surface area contributed by atoms with Crippen LogP contribution in [-0.4, -0.2) is 0 Å². The number of benzene rings is 3. The molecule has 3 aromatic carbocycles. The Morgan fingerprint density at radius 1 is 0.652 bits per heavy atom. The number of rotatable bonds is 4. The molecule has 0 aliphatic rings. The second kappa shape index (κ2) is 7.40. The highest BCUT2D eigenvalue weighted by molar-refractivity contribution is 7.75. The molecule has 3 aromatic rings.